The van der Waals surface area contributed by atoms with Crippen molar-refractivity contribution in [1.29, 1.82) is 5.41 Å². The second kappa shape index (κ2) is 7.01. The summed E-state index contributed by atoms with van der Waals surface area (Å²) in [6.45, 7) is 3.05. The maximum absolute atomic E-state index is 13.6. The van der Waals surface area contributed by atoms with Crippen LogP contribution in [0.25, 0.3) is 0 Å². The van der Waals surface area contributed by atoms with Crippen LogP contribution in [0.3, 0.4) is 0 Å². The van der Waals surface area contributed by atoms with Crippen LogP contribution in [-0.4, -0.2) is 12.4 Å². The molecule has 0 spiro atoms. The molecule has 0 aliphatic carbocycles. The van der Waals surface area contributed by atoms with E-state index in [1.54, 1.807) is 12.1 Å². The van der Waals surface area contributed by atoms with E-state index < -0.39 is 0 Å². The molecule has 3 N–H and O–H groups in total. The molecule has 0 atom stereocenters. The third-order valence-corrected chi connectivity index (χ3v) is 2.51. The second-order valence-electron chi connectivity index (χ2n) is 3.98. The molecule has 0 fully saturated rings. The zero-order chi connectivity index (χ0) is 12.7. The van der Waals surface area contributed by atoms with Gasteiger partial charge in [0.1, 0.15) is 11.7 Å². The predicted octanol–water partition coefficient (Wildman–Crippen LogP) is 2.82. The Labute approximate surface area is 101 Å². The molecule has 0 saturated heterocycles. The van der Waals surface area contributed by atoms with Gasteiger partial charge in [-0.15, -0.1) is 0 Å². The molecule has 1 aromatic rings. The smallest absolute Gasteiger partial charge is 0.129 e. The van der Waals surface area contributed by atoms with Gasteiger partial charge in [-0.3, -0.25) is 5.41 Å². The Morgan fingerprint density at radius 1 is 1.41 bits per heavy atom. The molecule has 0 aliphatic heterocycles. The van der Waals surface area contributed by atoms with Gasteiger partial charge in [-0.1, -0.05) is 31.9 Å². The lowest BCUT2D eigenvalue weighted by atomic mass is 10.1. The minimum Gasteiger partial charge on any atom is -0.384 e. The van der Waals surface area contributed by atoms with Gasteiger partial charge in [0.2, 0.25) is 0 Å². The first-order valence-corrected chi connectivity index (χ1v) is 5.85. The van der Waals surface area contributed by atoms with Gasteiger partial charge in [0.15, 0.2) is 0 Å². The lowest BCUT2D eigenvalue weighted by Crippen LogP contribution is -2.11. The first kappa shape index (κ1) is 13.6. The van der Waals surface area contributed by atoms with E-state index in [9.17, 15) is 4.39 Å². The topological polar surface area (TPSA) is 59.1 Å². The number of hydrogen-bond donors (Lipinski definition) is 2. The van der Waals surface area contributed by atoms with E-state index in [0.717, 1.165) is 19.3 Å². The maximum atomic E-state index is 13.6. The number of amidine groups is 1. The highest BCUT2D eigenvalue weighted by molar-refractivity contribution is 5.94. The zero-order valence-electron chi connectivity index (χ0n) is 10.1. The van der Waals surface area contributed by atoms with Gasteiger partial charge in [-0.05, 0) is 12.5 Å². The Morgan fingerprint density at radius 3 is 2.76 bits per heavy atom. The van der Waals surface area contributed by atoms with Gasteiger partial charge >= 0.3 is 0 Å². The Balaban J connectivity index is 2.46. The normalized spacial score (nSPS) is 10.5. The van der Waals surface area contributed by atoms with Gasteiger partial charge in [-0.2, -0.15) is 0 Å². The van der Waals surface area contributed by atoms with Gasteiger partial charge < -0.3 is 10.5 Å². The van der Waals surface area contributed by atoms with Crippen LogP contribution in [0.15, 0.2) is 18.2 Å². The molecule has 4 heteroatoms. The molecule has 3 nitrogen and oxygen atoms in total. The minimum atomic E-state index is -0.367. The predicted molar refractivity (Wildman–Crippen MR) is 66.6 cm³/mol. The molecule has 0 bridgehead atoms. The van der Waals surface area contributed by atoms with Crippen LogP contribution in [-0.2, 0) is 11.3 Å². The summed E-state index contributed by atoms with van der Waals surface area (Å²) < 4.78 is 18.9. The number of hydrogen-bond acceptors (Lipinski definition) is 2. The van der Waals surface area contributed by atoms with E-state index in [0.29, 0.717) is 17.7 Å². The fraction of sp³-hybridized carbons (Fsp3) is 0.462. The van der Waals surface area contributed by atoms with Crippen molar-refractivity contribution >= 4 is 5.84 Å². The summed E-state index contributed by atoms with van der Waals surface area (Å²) in [6, 6.07) is 4.52. The van der Waals surface area contributed by atoms with Gasteiger partial charge in [0.25, 0.3) is 0 Å². The number of halogens is 1. The number of nitrogens with two attached hydrogens (primary N) is 1. The second-order valence-corrected chi connectivity index (χ2v) is 3.98. The maximum Gasteiger partial charge on any atom is 0.129 e. The Kier molecular flexibility index (Phi) is 5.63. The molecule has 0 aromatic heterocycles. The number of nitrogens with one attached hydrogen (secondary N) is 1. The van der Waals surface area contributed by atoms with Crippen LogP contribution in [0.2, 0.25) is 0 Å². The minimum absolute atomic E-state index is 0.126. The summed E-state index contributed by atoms with van der Waals surface area (Å²) in [7, 11) is 0. The molecule has 94 valence electrons. The van der Waals surface area contributed by atoms with Gasteiger partial charge in [0.05, 0.1) is 6.61 Å². The quantitative estimate of drug-likeness (QED) is 0.436. The van der Waals surface area contributed by atoms with Crippen molar-refractivity contribution < 1.29 is 9.13 Å². The van der Waals surface area contributed by atoms with Crippen molar-refractivity contribution in [3.8, 4) is 0 Å². The highest BCUT2D eigenvalue weighted by Gasteiger charge is 2.05. The van der Waals surface area contributed by atoms with Crippen LogP contribution in [0, 0.1) is 11.2 Å². The summed E-state index contributed by atoms with van der Waals surface area (Å²) in [5.41, 5.74) is 6.18. The Hall–Kier alpha value is -1.42. The summed E-state index contributed by atoms with van der Waals surface area (Å²) in [5, 5.41) is 7.20. The largest absolute Gasteiger partial charge is 0.384 e. The monoisotopic (exact) mass is 238 g/mol. The summed E-state index contributed by atoms with van der Waals surface area (Å²) in [6.07, 6.45) is 3.28. The van der Waals surface area contributed by atoms with Crippen molar-refractivity contribution in [3.63, 3.8) is 0 Å². The number of unbranched alkanes of at least 4 members (excludes halogenated alkanes) is 2. The standard InChI is InChI=1S/C13H19FN2O/c1-2-3-4-7-17-9-11-6-5-10(13(15)16)8-12(11)14/h5-6,8H,2-4,7,9H2,1H3,(H3,15,16). The summed E-state index contributed by atoms with van der Waals surface area (Å²) >= 11 is 0. The molecule has 0 saturated carbocycles. The summed E-state index contributed by atoms with van der Waals surface area (Å²) in [5.74, 6) is -0.493. The van der Waals surface area contributed by atoms with Crippen molar-refractivity contribution in [2.24, 2.45) is 5.73 Å². The fourth-order valence-electron chi connectivity index (χ4n) is 1.47. The van der Waals surface area contributed by atoms with Crippen LogP contribution >= 0.6 is 0 Å². The number of rotatable bonds is 7. The lowest BCUT2D eigenvalue weighted by molar-refractivity contribution is 0.115. The Bertz CT molecular complexity index is 380. The molecular formula is C13H19FN2O. The molecule has 1 rings (SSSR count). The van der Waals surface area contributed by atoms with Crippen LogP contribution in [0.4, 0.5) is 4.39 Å². The first-order valence-electron chi connectivity index (χ1n) is 5.85. The van der Waals surface area contributed by atoms with Crippen molar-refractivity contribution in [1.82, 2.24) is 0 Å². The molecule has 0 amide bonds. The Morgan fingerprint density at radius 2 is 2.18 bits per heavy atom. The van der Waals surface area contributed by atoms with E-state index in [1.165, 1.54) is 6.07 Å². The van der Waals surface area contributed by atoms with Crippen LogP contribution < -0.4 is 5.73 Å². The highest BCUT2D eigenvalue weighted by atomic mass is 19.1. The third-order valence-electron chi connectivity index (χ3n) is 2.51. The van der Waals surface area contributed by atoms with E-state index in [1.807, 2.05) is 0 Å². The molecule has 0 aliphatic rings. The highest BCUT2D eigenvalue weighted by Crippen LogP contribution is 2.11. The van der Waals surface area contributed by atoms with Crippen molar-refractivity contribution in [2.75, 3.05) is 6.61 Å². The van der Waals surface area contributed by atoms with E-state index >= 15 is 0 Å². The number of benzene rings is 1. The van der Waals surface area contributed by atoms with E-state index in [2.05, 4.69) is 6.92 Å². The van der Waals surface area contributed by atoms with E-state index in [-0.39, 0.29) is 18.3 Å². The first-order chi connectivity index (χ1) is 8.15. The van der Waals surface area contributed by atoms with E-state index in [4.69, 9.17) is 15.9 Å². The zero-order valence-corrected chi connectivity index (χ0v) is 10.1. The molecule has 0 unspecified atom stereocenters. The number of nitrogen functional groups attached to an aromatic ring is 1. The molecule has 0 heterocycles. The van der Waals surface area contributed by atoms with Crippen molar-refractivity contribution in [3.05, 3.63) is 35.1 Å². The van der Waals surface area contributed by atoms with Gasteiger partial charge in [0, 0.05) is 17.7 Å². The van der Waals surface area contributed by atoms with Gasteiger partial charge in [-0.25, -0.2) is 4.39 Å². The number of ether oxygens (including phenoxy) is 1. The van der Waals surface area contributed by atoms with Crippen LogP contribution in [0.5, 0.6) is 0 Å². The molecule has 1 aromatic carbocycles. The van der Waals surface area contributed by atoms with Crippen molar-refractivity contribution in [2.45, 2.75) is 32.8 Å². The lowest BCUT2D eigenvalue weighted by Gasteiger charge is -2.06. The average Bonchev–Trinajstić information content (AvgIpc) is 2.30. The summed E-state index contributed by atoms with van der Waals surface area (Å²) in [4.78, 5) is 0. The molecule has 0 radical (unpaired) electrons. The molecular weight excluding hydrogens is 219 g/mol. The average molecular weight is 238 g/mol. The SMILES string of the molecule is CCCCCOCc1ccc(C(=N)N)cc1F. The third kappa shape index (κ3) is 4.53. The van der Waals surface area contributed by atoms with Crippen LogP contribution in [0.1, 0.15) is 37.3 Å². The fourth-order valence-corrected chi connectivity index (χ4v) is 1.47. The molecule has 17 heavy (non-hydrogen) atoms.